The van der Waals surface area contributed by atoms with Crippen molar-refractivity contribution >= 4 is 11.6 Å². The van der Waals surface area contributed by atoms with Crippen LogP contribution in [0.25, 0.3) is 0 Å². The van der Waals surface area contributed by atoms with Crippen LogP contribution in [0.1, 0.15) is 23.6 Å². The predicted octanol–water partition coefficient (Wildman–Crippen LogP) is 2.85. The standard InChI is InChI=1S/C20H26N2O3/c1-3-24-10-11-25-19-12-15(2)4-7-17(19)14-22-20(23)13-16-5-8-18(21)9-6-16/h4-9,12H,3,10-11,13-14,21H2,1-2H3,(H,22,23). The molecule has 0 unspecified atom stereocenters. The van der Waals surface area contributed by atoms with Gasteiger partial charge < -0.3 is 20.5 Å². The minimum Gasteiger partial charge on any atom is -0.491 e. The van der Waals surface area contributed by atoms with E-state index >= 15 is 0 Å². The number of carbonyl (C=O) groups is 1. The van der Waals surface area contributed by atoms with Gasteiger partial charge >= 0.3 is 0 Å². The first-order chi connectivity index (χ1) is 12.1. The van der Waals surface area contributed by atoms with Crippen molar-refractivity contribution in [1.29, 1.82) is 0 Å². The Labute approximate surface area is 149 Å². The van der Waals surface area contributed by atoms with Crippen molar-refractivity contribution in [3.63, 3.8) is 0 Å². The average molecular weight is 342 g/mol. The highest BCUT2D eigenvalue weighted by molar-refractivity contribution is 5.78. The number of ether oxygens (including phenoxy) is 2. The van der Waals surface area contributed by atoms with Crippen LogP contribution in [0, 0.1) is 6.92 Å². The van der Waals surface area contributed by atoms with Crippen molar-refractivity contribution < 1.29 is 14.3 Å². The van der Waals surface area contributed by atoms with Gasteiger partial charge in [0, 0.05) is 24.4 Å². The summed E-state index contributed by atoms with van der Waals surface area (Å²) in [6.45, 7) is 6.11. The molecular formula is C20H26N2O3. The molecule has 0 bridgehead atoms. The highest BCUT2D eigenvalue weighted by atomic mass is 16.5. The number of nitrogens with two attached hydrogens (primary N) is 1. The van der Waals surface area contributed by atoms with Gasteiger partial charge in [0.2, 0.25) is 5.91 Å². The zero-order chi connectivity index (χ0) is 18.1. The Kier molecular flexibility index (Phi) is 7.29. The van der Waals surface area contributed by atoms with Crippen LogP contribution in [0.3, 0.4) is 0 Å². The Morgan fingerprint density at radius 3 is 2.60 bits per heavy atom. The maximum Gasteiger partial charge on any atom is 0.224 e. The predicted molar refractivity (Wildman–Crippen MR) is 99.6 cm³/mol. The fraction of sp³-hybridized carbons (Fsp3) is 0.350. The van der Waals surface area contributed by atoms with Crippen molar-refractivity contribution in [2.24, 2.45) is 0 Å². The Morgan fingerprint density at radius 1 is 1.12 bits per heavy atom. The molecule has 0 atom stereocenters. The monoisotopic (exact) mass is 342 g/mol. The second-order valence-electron chi connectivity index (χ2n) is 5.85. The Bertz CT molecular complexity index is 684. The van der Waals surface area contributed by atoms with Gasteiger partial charge in [-0.05, 0) is 43.2 Å². The molecule has 0 saturated heterocycles. The lowest BCUT2D eigenvalue weighted by molar-refractivity contribution is -0.120. The molecule has 5 heteroatoms. The topological polar surface area (TPSA) is 73.6 Å². The quantitative estimate of drug-likeness (QED) is 0.543. The molecule has 3 N–H and O–H groups in total. The molecule has 0 aromatic heterocycles. The minimum absolute atomic E-state index is 0.0365. The van der Waals surface area contributed by atoms with Crippen LogP contribution in [-0.4, -0.2) is 25.7 Å². The van der Waals surface area contributed by atoms with Gasteiger partial charge in [-0.25, -0.2) is 0 Å². The highest BCUT2D eigenvalue weighted by Crippen LogP contribution is 2.20. The molecule has 2 aromatic rings. The van der Waals surface area contributed by atoms with Crippen LogP contribution in [0.15, 0.2) is 42.5 Å². The van der Waals surface area contributed by atoms with E-state index in [0.717, 1.165) is 22.4 Å². The van der Waals surface area contributed by atoms with Gasteiger partial charge in [-0.1, -0.05) is 24.3 Å². The Morgan fingerprint density at radius 2 is 1.88 bits per heavy atom. The first-order valence-corrected chi connectivity index (χ1v) is 8.49. The second kappa shape index (κ2) is 9.69. The maximum atomic E-state index is 12.1. The Hall–Kier alpha value is -2.53. The summed E-state index contributed by atoms with van der Waals surface area (Å²) >= 11 is 0. The van der Waals surface area contributed by atoms with E-state index in [-0.39, 0.29) is 5.91 Å². The number of hydrogen-bond acceptors (Lipinski definition) is 4. The fourth-order valence-corrected chi connectivity index (χ4v) is 2.37. The van der Waals surface area contributed by atoms with E-state index in [1.807, 2.05) is 44.2 Å². The number of benzene rings is 2. The summed E-state index contributed by atoms with van der Waals surface area (Å²) in [5, 5.41) is 2.94. The van der Waals surface area contributed by atoms with Crippen LogP contribution < -0.4 is 15.8 Å². The summed E-state index contributed by atoms with van der Waals surface area (Å²) < 4.78 is 11.1. The van der Waals surface area contributed by atoms with Crippen LogP contribution in [-0.2, 0) is 22.5 Å². The van der Waals surface area contributed by atoms with Crippen molar-refractivity contribution in [1.82, 2.24) is 5.32 Å². The first-order valence-electron chi connectivity index (χ1n) is 8.49. The van der Waals surface area contributed by atoms with Crippen LogP contribution in [0.4, 0.5) is 5.69 Å². The van der Waals surface area contributed by atoms with E-state index < -0.39 is 0 Å². The molecule has 0 spiro atoms. The minimum atomic E-state index is -0.0365. The molecular weight excluding hydrogens is 316 g/mol. The summed E-state index contributed by atoms with van der Waals surface area (Å²) in [6, 6.07) is 13.3. The summed E-state index contributed by atoms with van der Waals surface area (Å²) in [5.74, 6) is 0.748. The van der Waals surface area contributed by atoms with Crippen LogP contribution in [0.2, 0.25) is 0 Å². The van der Waals surface area contributed by atoms with Gasteiger partial charge in [0.15, 0.2) is 0 Å². The summed E-state index contributed by atoms with van der Waals surface area (Å²) in [7, 11) is 0. The zero-order valence-corrected chi connectivity index (χ0v) is 14.9. The van der Waals surface area contributed by atoms with Crippen LogP contribution in [0.5, 0.6) is 5.75 Å². The largest absolute Gasteiger partial charge is 0.491 e. The number of rotatable bonds is 9. The maximum absolute atomic E-state index is 12.1. The number of nitrogens with one attached hydrogen (secondary N) is 1. The first kappa shape index (κ1) is 18.8. The molecule has 0 aliphatic carbocycles. The smallest absolute Gasteiger partial charge is 0.224 e. The van der Waals surface area contributed by atoms with Gasteiger partial charge in [-0.15, -0.1) is 0 Å². The van der Waals surface area contributed by atoms with Gasteiger partial charge in [0.1, 0.15) is 12.4 Å². The third kappa shape index (κ3) is 6.47. The molecule has 25 heavy (non-hydrogen) atoms. The van der Waals surface area contributed by atoms with Crippen molar-refractivity contribution in [2.75, 3.05) is 25.6 Å². The Balaban J connectivity index is 1.90. The summed E-state index contributed by atoms with van der Waals surface area (Å²) in [6.07, 6.45) is 0.326. The highest BCUT2D eigenvalue weighted by Gasteiger charge is 2.08. The lowest BCUT2D eigenvalue weighted by Gasteiger charge is -2.13. The molecule has 0 aliphatic heterocycles. The van der Waals surface area contributed by atoms with Crippen molar-refractivity contribution in [3.8, 4) is 5.75 Å². The molecule has 0 saturated carbocycles. The van der Waals surface area contributed by atoms with Crippen molar-refractivity contribution in [3.05, 3.63) is 59.2 Å². The van der Waals surface area contributed by atoms with E-state index in [0.29, 0.717) is 38.5 Å². The van der Waals surface area contributed by atoms with Gasteiger partial charge in [-0.2, -0.15) is 0 Å². The third-order valence-electron chi connectivity index (χ3n) is 3.73. The molecule has 134 valence electrons. The molecule has 0 aliphatic rings. The van der Waals surface area contributed by atoms with E-state index in [2.05, 4.69) is 5.32 Å². The summed E-state index contributed by atoms with van der Waals surface area (Å²) in [5.41, 5.74) is 9.35. The normalized spacial score (nSPS) is 10.5. The lowest BCUT2D eigenvalue weighted by atomic mass is 10.1. The zero-order valence-electron chi connectivity index (χ0n) is 14.9. The molecule has 0 fully saturated rings. The molecule has 2 rings (SSSR count). The molecule has 5 nitrogen and oxygen atoms in total. The molecule has 0 heterocycles. The summed E-state index contributed by atoms with van der Waals surface area (Å²) in [4.78, 5) is 12.1. The number of nitrogen functional groups attached to an aromatic ring is 1. The van der Waals surface area contributed by atoms with Gasteiger partial charge in [0.05, 0.1) is 13.0 Å². The van der Waals surface area contributed by atoms with Gasteiger partial charge in [0.25, 0.3) is 0 Å². The lowest BCUT2D eigenvalue weighted by Crippen LogP contribution is -2.25. The number of amides is 1. The van der Waals surface area contributed by atoms with E-state index in [4.69, 9.17) is 15.2 Å². The third-order valence-corrected chi connectivity index (χ3v) is 3.73. The fourth-order valence-electron chi connectivity index (χ4n) is 2.37. The van der Waals surface area contributed by atoms with E-state index in [1.54, 1.807) is 12.1 Å². The second-order valence-corrected chi connectivity index (χ2v) is 5.85. The SMILES string of the molecule is CCOCCOc1cc(C)ccc1CNC(=O)Cc1ccc(N)cc1. The molecule has 0 radical (unpaired) electrons. The van der Waals surface area contributed by atoms with Crippen LogP contribution >= 0.6 is 0 Å². The number of hydrogen-bond donors (Lipinski definition) is 2. The number of anilines is 1. The number of carbonyl (C=O) groups excluding carboxylic acids is 1. The molecule has 1 amide bonds. The van der Waals surface area contributed by atoms with E-state index in [1.165, 1.54) is 0 Å². The molecule has 2 aromatic carbocycles. The van der Waals surface area contributed by atoms with Gasteiger partial charge in [-0.3, -0.25) is 4.79 Å². The average Bonchev–Trinajstić information content (AvgIpc) is 2.60. The van der Waals surface area contributed by atoms with Crippen molar-refractivity contribution in [2.45, 2.75) is 26.8 Å². The number of aryl methyl sites for hydroxylation is 1. The van der Waals surface area contributed by atoms with E-state index in [9.17, 15) is 4.79 Å².